The molecule has 0 aliphatic carbocycles. The molecule has 1 rings (SSSR count). The Hall–Kier alpha value is -1.71. The third-order valence-electron chi connectivity index (χ3n) is 2.29. The molecule has 1 aromatic carbocycles. The van der Waals surface area contributed by atoms with Crippen LogP contribution in [0.25, 0.3) is 0 Å². The molecule has 0 amide bonds. The van der Waals surface area contributed by atoms with Crippen molar-refractivity contribution in [1.82, 2.24) is 0 Å². The molecule has 0 aromatic heterocycles. The number of Topliss-reactive ketones (excluding diaryl/α,β-unsaturated/α-hetero) is 1. The van der Waals surface area contributed by atoms with Crippen LogP contribution in [0.3, 0.4) is 0 Å². The van der Waals surface area contributed by atoms with Gasteiger partial charge in [-0.15, -0.1) is 0 Å². The van der Waals surface area contributed by atoms with Crippen LogP contribution in [0.2, 0.25) is 0 Å². The molecule has 0 radical (unpaired) electrons. The number of ketones is 1. The predicted octanol–water partition coefficient (Wildman–Crippen LogP) is 2.31. The zero-order valence-electron chi connectivity index (χ0n) is 8.55. The van der Waals surface area contributed by atoms with E-state index in [4.69, 9.17) is 0 Å². The van der Waals surface area contributed by atoms with E-state index in [9.17, 15) is 14.9 Å². The monoisotopic (exact) mass is 207 g/mol. The Bertz CT molecular complexity index is 348. The number of nitrogens with zero attached hydrogens (tertiary/aromatic N) is 1. The normalized spacial score (nSPS) is 12.1. The standard InChI is InChI=1S/C11H13NO3/c1-2-10(12(14)15)8-11(13)9-6-4-3-5-7-9/h3-7,10H,2,8H2,1H3/t10-/m1/s1. The first-order valence-electron chi connectivity index (χ1n) is 4.87. The van der Waals surface area contributed by atoms with Gasteiger partial charge in [-0.3, -0.25) is 14.9 Å². The van der Waals surface area contributed by atoms with E-state index < -0.39 is 6.04 Å². The second-order valence-electron chi connectivity index (χ2n) is 3.34. The molecule has 0 aliphatic rings. The van der Waals surface area contributed by atoms with Crippen molar-refractivity contribution in [3.05, 3.63) is 46.0 Å². The quantitative estimate of drug-likeness (QED) is 0.423. The Morgan fingerprint density at radius 1 is 1.40 bits per heavy atom. The van der Waals surface area contributed by atoms with Crippen LogP contribution >= 0.6 is 0 Å². The van der Waals surface area contributed by atoms with Gasteiger partial charge in [0.2, 0.25) is 6.04 Å². The molecule has 0 N–H and O–H groups in total. The highest BCUT2D eigenvalue weighted by Crippen LogP contribution is 2.09. The highest BCUT2D eigenvalue weighted by molar-refractivity contribution is 5.96. The van der Waals surface area contributed by atoms with E-state index in [-0.39, 0.29) is 17.1 Å². The van der Waals surface area contributed by atoms with E-state index in [1.54, 1.807) is 31.2 Å². The third kappa shape index (κ3) is 3.16. The van der Waals surface area contributed by atoms with Crippen molar-refractivity contribution in [2.24, 2.45) is 0 Å². The van der Waals surface area contributed by atoms with Crippen molar-refractivity contribution in [2.45, 2.75) is 25.8 Å². The van der Waals surface area contributed by atoms with Crippen LogP contribution in [-0.4, -0.2) is 16.7 Å². The zero-order chi connectivity index (χ0) is 11.3. The lowest BCUT2D eigenvalue weighted by Crippen LogP contribution is -2.22. The minimum atomic E-state index is -0.766. The first-order valence-corrected chi connectivity index (χ1v) is 4.87. The van der Waals surface area contributed by atoms with E-state index in [2.05, 4.69) is 0 Å². The molecule has 0 heterocycles. The fraction of sp³-hybridized carbons (Fsp3) is 0.364. The predicted molar refractivity (Wildman–Crippen MR) is 56.5 cm³/mol. The van der Waals surface area contributed by atoms with Crippen molar-refractivity contribution in [1.29, 1.82) is 0 Å². The molecule has 0 bridgehead atoms. The largest absolute Gasteiger partial charge is 0.294 e. The van der Waals surface area contributed by atoms with Gasteiger partial charge in [-0.1, -0.05) is 37.3 Å². The van der Waals surface area contributed by atoms with Gasteiger partial charge in [-0.25, -0.2) is 0 Å². The Kier molecular flexibility index (Phi) is 3.97. The van der Waals surface area contributed by atoms with Crippen LogP contribution in [0.5, 0.6) is 0 Å². The maximum absolute atomic E-state index is 11.6. The van der Waals surface area contributed by atoms with Gasteiger partial charge in [0.05, 0.1) is 6.42 Å². The molecule has 4 heteroatoms. The molecule has 1 aromatic rings. The van der Waals surface area contributed by atoms with Crippen LogP contribution in [0.4, 0.5) is 0 Å². The lowest BCUT2D eigenvalue weighted by molar-refractivity contribution is -0.521. The van der Waals surface area contributed by atoms with Crippen molar-refractivity contribution >= 4 is 5.78 Å². The van der Waals surface area contributed by atoms with Gasteiger partial charge >= 0.3 is 0 Å². The maximum Gasteiger partial charge on any atom is 0.220 e. The number of carbonyl (C=O) groups is 1. The summed E-state index contributed by atoms with van der Waals surface area (Å²) in [7, 11) is 0. The number of hydrogen-bond acceptors (Lipinski definition) is 3. The van der Waals surface area contributed by atoms with Gasteiger partial charge in [-0.05, 0) is 0 Å². The van der Waals surface area contributed by atoms with Crippen LogP contribution < -0.4 is 0 Å². The fourth-order valence-electron chi connectivity index (χ4n) is 1.32. The Morgan fingerprint density at radius 2 is 2.00 bits per heavy atom. The maximum atomic E-state index is 11.6. The van der Waals surface area contributed by atoms with E-state index in [1.165, 1.54) is 0 Å². The molecule has 0 saturated carbocycles. The van der Waals surface area contributed by atoms with Gasteiger partial charge in [0.25, 0.3) is 0 Å². The summed E-state index contributed by atoms with van der Waals surface area (Å²) < 4.78 is 0. The summed E-state index contributed by atoms with van der Waals surface area (Å²) in [5, 5.41) is 10.6. The SMILES string of the molecule is CC[C@H](CC(=O)c1ccccc1)[N+](=O)[O-]. The first-order chi connectivity index (χ1) is 7.15. The summed E-state index contributed by atoms with van der Waals surface area (Å²) in [6.45, 7) is 1.71. The third-order valence-corrected chi connectivity index (χ3v) is 2.29. The second kappa shape index (κ2) is 5.24. The Morgan fingerprint density at radius 3 is 2.47 bits per heavy atom. The summed E-state index contributed by atoms with van der Waals surface area (Å²) in [4.78, 5) is 21.8. The molecule has 80 valence electrons. The van der Waals surface area contributed by atoms with Crippen LogP contribution in [0.15, 0.2) is 30.3 Å². The van der Waals surface area contributed by atoms with Crippen molar-refractivity contribution in [3.8, 4) is 0 Å². The van der Waals surface area contributed by atoms with Crippen LogP contribution in [0, 0.1) is 10.1 Å². The van der Waals surface area contributed by atoms with Gasteiger partial charge in [0, 0.05) is 16.9 Å². The zero-order valence-corrected chi connectivity index (χ0v) is 8.55. The number of rotatable bonds is 5. The number of nitro groups is 1. The van der Waals surface area contributed by atoms with Gasteiger partial charge in [0.15, 0.2) is 5.78 Å². The Balaban J connectivity index is 2.67. The van der Waals surface area contributed by atoms with Crippen LogP contribution in [0.1, 0.15) is 30.1 Å². The summed E-state index contributed by atoms with van der Waals surface area (Å²) >= 11 is 0. The average molecular weight is 207 g/mol. The molecular weight excluding hydrogens is 194 g/mol. The van der Waals surface area contributed by atoms with Crippen molar-refractivity contribution in [3.63, 3.8) is 0 Å². The van der Waals surface area contributed by atoms with E-state index in [0.29, 0.717) is 12.0 Å². The summed E-state index contributed by atoms with van der Waals surface area (Å²) in [5.41, 5.74) is 0.540. The molecule has 0 saturated heterocycles. The molecule has 1 atom stereocenters. The smallest absolute Gasteiger partial charge is 0.220 e. The highest BCUT2D eigenvalue weighted by atomic mass is 16.6. The number of benzene rings is 1. The number of carbonyl (C=O) groups excluding carboxylic acids is 1. The second-order valence-corrected chi connectivity index (χ2v) is 3.34. The fourth-order valence-corrected chi connectivity index (χ4v) is 1.32. The molecule has 0 fully saturated rings. The van der Waals surface area contributed by atoms with Crippen molar-refractivity contribution < 1.29 is 9.72 Å². The van der Waals surface area contributed by atoms with Gasteiger partial charge in [-0.2, -0.15) is 0 Å². The average Bonchev–Trinajstić information content (AvgIpc) is 2.26. The lowest BCUT2D eigenvalue weighted by atomic mass is 10.0. The minimum Gasteiger partial charge on any atom is -0.294 e. The molecule has 0 aliphatic heterocycles. The van der Waals surface area contributed by atoms with E-state index in [1.807, 2.05) is 6.07 Å². The minimum absolute atomic E-state index is 0.0203. The number of hydrogen-bond donors (Lipinski definition) is 0. The summed E-state index contributed by atoms with van der Waals surface area (Å²) in [6, 6.07) is 7.89. The summed E-state index contributed by atoms with van der Waals surface area (Å²) in [5.74, 6) is -0.167. The van der Waals surface area contributed by atoms with Crippen LogP contribution in [-0.2, 0) is 0 Å². The van der Waals surface area contributed by atoms with E-state index >= 15 is 0 Å². The Labute approximate surface area is 88.1 Å². The molecular formula is C11H13NO3. The van der Waals surface area contributed by atoms with E-state index in [0.717, 1.165) is 0 Å². The molecule has 0 unspecified atom stereocenters. The summed E-state index contributed by atoms with van der Waals surface area (Å²) in [6.07, 6.45) is 0.360. The molecule has 4 nitrogen and oxygen atoms in total. The van der Waals surface area contributed by atoms with Crippen molar-refractivity contribution in [2.75, 3.05) is 0 Å². The lowest BCUT2D eigenvalue weighted by Gasteiger charge is -2.05. The first kappa shape index (κ1) is 11.4. The molecule has 15 heavy (non-hydrogen) atoms. The topological polar surface area (TPSA) is 60.2 Å². The molecule has 0 spiro atoms. The van der Waals surface area contributed by atoms with Gasteiger partial charge < -0.3 is 0 Å². The highest BCUT2D eigenvalue weighted by Gasteiger charge is 2.22. The van der Waals surface area contributed by atoms with Gasteiger partial charge in [0.1, 0.15) is 0 Å².